The summed E-state index contributed by atoms with van der Waals surface area (Å²) in [5.41, 5.74) is 27.9. The van der Waals surface area contributed by atoms with Crippen molar-refractivity contribution in [2.45, 2.75) is 5.41 Å². The SMILES string of the molecule is c1ccc(-c2ccccc2-c2ccccc2N(c2ccc(-c3ccc4c(c3)c3ccccc3n4-c3ccccc3)cc2)c2ccc3c(c2)C2(c4ccccc4-3)c3ccccc3N(c3cccc(-c4ccc5oc6ccccc6c5c4)c3)c3ccccc32)cc1. The summed E-state index contributed by atoms with van der Waals surface area (Å²) in [4.78, 5) is 4.99. The van der Waals surface area contributed by atoms with Crippen LogP contribution in [0.4, 0.5) is 34.1 Å². The topological polar surface area (TPSA) is 24.6 Å². The smallest absolute Gasteiger partial charge is 0.135 e. The highest BCUT2D eigenvalue weighted by Gasteiger charge is 2.52. The number of hydrogen-bond donors (Lipinski definition) is 0. The summed E-state index contributed by atoms with van der Waals surface area (Å²) in [5, 5.41) is 4.70. The molecule has 0 saturated heterocycles. The Kier molecular flexibility index (Phi) is 11.5. The zero-order chi connectivity index (χ0) is 58.6. The third-order valence-electron chi connectivity index (χ3n) is 18.8. The van der Waals surface area contributed by atoms with Crippen LogP contribution >= 0.6 is 0 Å². The number of aromatic nitrogens is 1. The Labute approximate surface area is 516 Å². The molecule has 4 heteroatoms. The predicted molar refractivity (Wildman–Crippen MR) is 370 cm³/mol. The summed E-state index contributed by atoms with van der Waals surface area (Å²) < 4.78 is 8.67. The first kappa shape index (κ1) is 50.6. The van der Waals surface area contributed by atoms with Gasteiger partial charge in [0.05, 0.1) is 33.5 Å². The van der Waals surface area contributed by atoms with Gasteiger partial charge >= 0.3 is 0 Å². The second-order valence-electron chi connectivity index (χ2n) is 23.5. The quantitative estimate of drug-likeness (QED) is 0.144. The molecule has 1 aliphatic carbocycles. The molecule has 3 heterocycles. The molecule has 0 bridgehead atoms. The lowest BCUT2D eigenvalue weighted by atomic mass is 9.64. The lowest BCUT2D eigenvalue weighted by Gasteiger charge is -2.45. The van der Waals surface area contributed by atoms with Crippen LogP contribution in [0.25, 0.3) is 105 Å². The highest BCUT2D eigenvalue weighted by molar-refractivity contribution is 6.11. The maximum atomic E-state index is 6.28. The Morgan fingerprint density at radius 3 is 1.60 bits per heavy atom. The van der Waals surface area contributed by atoms with Crippen LogP contribution in [0.2, 0.25) is 0 Å². The molecule has 1 spiro atoms. The second kappa shape index (κ2) is 20.2. The van der Waals surface area contributed by atoms with E-state index in [4.69, 9.17) is 4.42 Å². The number of anilines is 6. The molecule has 2 aliphatic rings. The first-order chi connectivity index (χ1) is 44.2. The molecule has 2 aromatic heterocycles. The minimum atomic E-state index is -0.687. The van der Waals surface area contributed by atoms with Crippen molar-refractivity contribution < 1.29 is 4.42 Å². The number of para-hydroxylation sites is 6. The molecular formula is C85H55N3O. The van der Waals surface area contributed by atoms with Gasteiger partial charge in [-0.25, -0.2) is 0 Å². The summed E-state index contributed by atoms with van der Waals surface area (Å²) in [5.74, 6) is 0. The van der Waals surface area contributed by atoms with E-state index in [0.29, 0.717) is 0 Å². The molecule has 0 N–H and O–H groups in total. The van der Waals surface area contributed by atoms with Gasteiger partial charge in [0, 0.05) is 49.9 Å². The number of furan rings is 1. The van der Waals surface area contributed by atoms with Crippen LogP contribution in [0.3, 0.4) is 0 Å². The van der Waals surface area contributed by atoms with E-state index in [-0.39, 0.29) is 0 Å². The molecule has 0 atom stereocenters. The normalized spacial score (nSPS) is 12.8. The third-order valence-corrected chi connectivity index (χ3v) is 18.8. The van der Waals surface area contributed by atoms with Crippen molar-refractivity contribution in [1.82, 2.24) is 4.57 Å². The fourth-order valence-corrected chi connectivity index (χ4v) is 15.0. The van der Waals surface area contributed by atoms with Crippen molar-refractivity contribution >= 4 is 77.9 Å². The lowest BCUT2D eigenvalue weighted by molar-refractivity contribution is 0.669. The fourth-order valence-electron chi connectivity index (χ4n) is 15.0. The Morgan fingerprint density at radius 2 is 0.798 bits per heavy atom. The van der Waals surface area contributed by atoms with Crippen molar-refractivity contribution in [3.05, 3.63) is 356 Å². The van der Waals surface area contributed by atoms with Crippen molar-refractivity contribution in [2.75, 3.05) is 9.80 Å². The number of hydrogen-bond acceptors (Lipinski definition) is 3. The van der Waals surface area contributed by atoms with Gasteiger partial charge in [0.15, 0.2) is 0 Å². The van der Waals surface area contributed by atoms with Gasteiger partial charge in [-0.3, -0.25) is 0 Å². The van der Waals surface area contributed by atoms with Crippen LogP contribution in [-0.2, 0) is 5.41 Å². The average molecular weight is 1130 g/mol. The first-order valence-electron chi connectivity index (χ1n) is 30.6. The number of fused-ring (bicyclic) bond motifs is 15. The van der Waals surface area contributed by atoms with Gasteiger partial charge in [-0.15, -0.1) is 0 Å². The molecule has 89 heavy (non-hydrogen) atoms. The standard InChI is InChI=1S/C85H55N3O/c1-3-22-57(23-4-1)65-28-7-8-29-66(65)69-31-10-16-37-78(69)86(62-46-42-56(43-47-62)59-44-50-80-72(53-59)70-32-11-17-38-79(70)87(80)61-25-5-2-6-26-61)64-48-49-68-67-30-9-13-34-74(67)85(77(68)55-64)75-35-14-18-39-81(75)88(82-40-19-15-36-76(82)85)63-27-21-24-58(52-63)60-45-51-84-73(54-60)71-33-12-20-41-83(71)89-84/h1-55H. The van der Waals surface area contributed by atoms with Crippen molar-refractivity contribution in [2.24, 2.45) is 0 Å². The van der Waals surface area contributed by atoms with E-state index in [1.165, 1.54) is 77.4 Å². The molecule has 0 saturated carbocycles. The first-order valence-corrected chi connectivity index (χ1v) is 30.6. The third kappa shape index (κ3) is 7.80. The highest BCUT2D eigenvalue weighted by atomic mass is 16.3. The molecule has 14 aromatic carbocycles. The molecule has 4 nitrogen and oxygen atoms in total. The molecule has 16 aromatic rings. The number of nitrogens with zero attached hydrogens (tertiary/aromatic N) is 3. The zero-order valence-electron chi connectivity index (χ0n) is 48.5. The van der Waals surface area contributed by atoms with Crippen LogP contribution < -0.4 is 9.80 Å². The molecule has 0 unspecified atom stereocenters. The Balaban J connectivity index is 0.816. The summed E-state index contributed by atoms with van der Waals surface area (Å²) in [6, 6.07) is 123. The van der Waals surface area contributed by atoms with Crippen molar-refractivity contribution in [3.63, 3.8) is 0 Å². The van der Waals surface area contributed by atoms with Gasteiger partial charge in [-0.2, -0.15) is 0 Å². The van der Waals surface area contributed by atoms with Crippen molar-refractivity contribution in [1.29, 1.82) is 0 Å². The molecular weight excluding hydrogens is 1080 g/mol. The second-order valence-corrected chi connectivity index (χ2v) is 23.5. The lowest BCUT2D eigenvalue weighted by Crippen LogP contribution is -2.36. The van der Waals surface area contributed by atoms with Crippen LogP contribution in [-0.4, -0.2) is 4.57 Å². The van der Waals surface area contributed by atoms with Crippen LogP contribution in [0.15, 0.2) is 338 Å². The maximum Gasteiger partial charge on any atom is 0.135 e. The van der Waals surface area contributed by atoms with Crippen LogP contribution in [0.5, 0.6) is 0 Å². The van der Waals surface area contributed by atoms with Crippen LogP contribution in [0, 0.1) is 0 Å². The van der Waals surface area contributed by atoms with Gasteiger partial charge in [0.2, 0.25) is 0 Å². The van der Waals surface area contributed by atoms with E-state index < -0.39 is 5.41 Å². The van der Waals surface area contributed by atoms with E-state index in [2.05, 4.69) is 336 Å². The Morgan fingerprint density at radius 1 is 0.270 bits per heavy atom. The zero-order valence-corrected chi connectivity index (χ0v) is 48.5. The van der Waals surface area contributed by atoms with Gasteiger partial charge in [0.25, 0.3) is 0 Å². The van der Waals surface area contributed by atoms with Crippen LogP contribution in [0.1, 0.15) is 22.3 Å². The summed E-state index contributed by atoms with van der Waals surface area (Å²) >= 11 is 0. The summed E-state index contributed by atoms with van der Waals surface area (Å²) in [6.45, 7) is 0. The summed E-state index contributed by atoms with van der Waals surface area (Å²) in [7, 11) is 0. The van der Waals surface area contributed by atoms with E-state index in [9.17, 15) is 0 Å². The van der Waals surface area contributed by atoms with Crippen molar-refractivity contribution in [3.8, 4) is 61.3 Å². The Hall–Kier alpha value is -11.7. The van der Waals surface area contributed by atoms with Gasteiger partial charge in [-0.05, 0) is 175 Å². The summed E-state index contributed by atoms with van der Waals surface area (Å²) in [6.07, 6.45) is 0. The largest absolute Gasteiger partial charge is 0.456 e. The van der Waals surface area contributed by atoms with E-state index in [1.807, 2.05) is 12.1 Å². The van der Waals surface area contributed by atoms with E-state index >= 15 is 0 Å². The number of rotatable bonds is 9. The van der Waals surface area contributed by atoms with E-state index in [1.54, 1.807) is 0 Å². The number of benzene rings is 14. The van der Waals surface area contributed by atoms with E-state index in [0.717, 1.165) is 84.0 Å². The molecule has 1 aliphatic heterocycles. The van der Waals surface area contributed by atoms with Gasteiger partial charge in [-0.1, -0.05) is 231 Å². The molecule has 0 radical (unpaired) electrons. The minimum Gasteiger partial charge on any atom is -0.456 e. The van der Waals surface area contributed by atoms with Gasteiger partial charge < -0.3 is 18.8 Å². The fraction of sp³-hybridized carbons (Fsp3) is 0.0118. The molecule has 18 rings (SSSR count). The monoisotopic (exact) mass is 1130 g/mol. The van der Waals surface area contributed by atoms with Gasteiger partial charge in [0.1, 0.15) is 11.2 Å². The molecule has 416 valence electrons. The predicted octanol–water partition coefficient (Wildman–Crippen LogP) is 23.0. The maximum absolute atomic E-state index is 6.28. The minimum absolute atomic E-state index is 0.687. The Bertz CT molecular complexity index is 5420. The molecule has 0 amide bonds. The highest BCUT2D eigenvalue weighted by Crippen LogP contribution is 2.64. The average Bonchev–Trinajstić information content (AvgIpc) is 1.60. The molecule has 0 fully saturated rings.